The van der Waals surface area contributed by atoms with Crippen LogP contribution in [0.5, 0.6) is 0 Å². The van der Waals surface area contributed by atoms with Crippen LogP contribution in [0.2, 0.25) is 5.04 Å². The van der Waals surface area contributed by atoms with Crippen LogP contribution < -0.4 is 15.7 Å². The Labute approximate surface area is 176 Å². The third kappa shape index (κ3) is 4.64. The SMILES string of the molecule is CNC(=O)[C@H]1CC[C@H](CCC(C)(C)[Si](O)(c2ccccc2)c2ccccc2)CC1. The first-order valence-corrected chi connectivity index (χ1v) is 12.9. The Morgan fingerprint density at radius 3 is 1.90 bits per heavy atom. The highest BCUT2D eigenvalue weighted by molar-refractivity contribution is 6.98. The summed E-state index contributed by atoms with van der Waals surface area (Å²) in [5.41, 5.74) is 0. The van der Waals surface area contributed by atoms with Gasteiger partial charge in [0.25, 0.3) is 8.32 Å². The number of hydrogen-bond acceptors (Lipinski definition) is 2. The van der Waals surface area contributed by atoms with E-state index in [1.165, 1.54) is 0 Å². The normalized spacial score (nSPS) is 20.3. The highest BCUT2D eigenvalue weighted by atomic mass is 28.4. The van der Waals surface area contributed by atoms with Gasteiger partial charge in [0.1, 0.15) is 0 Å². The van der Waals surface area contributed by atoms with Gasteiger partial charge >= 0.3 is 0 Å². The topological polar surface area (TPSA) is 49.3 Å². The minimum absolute atomic E-state index is 0.184. The average molecular weight is 410 g/mol. The first kappa shape index (κ1) is 21.8. The number of rotatable bonds is 7. The first-order valence-electron chi connectivity index (χ1n) is 10.9. The van der Waals surface area contributed by atoms with Crippen LogP contribution in [-0.2, 0) is 4.79 Å². The van der Waals surface area contributed by atoms with Crippen molar-refractivity contribution < 1.29 is 9.59 Å². The minimum Gasteiger partial charge on any atom is -0.424 e. The second kappa shape index (κ2) is 9.27. The molecule has 4 heteroatoms. The second-order valence-corrected chi connectivity index (χ2v) is 13.1. The van der Waals surface area contributed by atoms with Crippen LogP contribution in [0.25, 0.3) is 0 Å². The largest absolute Gasteiger partial charge is 0.424 e. The molecule has 0 aliphatic heterocycles. The molecule has 0 heterocycles. The Kier molecular flexibility index (Phi) is 6.96. The smallest absolute Gasteiger partial charge is 0.258 e. The third-order valence-electron chi connectivity index (χ3n) is 7.00. The van der Waals surface area contributed by atoms with E-state index in [2.05, 4.69) is 43.4 Å². The number of nitrogens with one attached hydrogen (secondary N) is 1. The zero-order chi connectivity index (χ0) is 20.9. The Morgan fingerprint density at radius 2 is 1.45 bits per heavy atom. The van der Waals surface area contributed by atoms with Gasteiger partial charge in [0.15, 0.2) is 0 Å². The monoisotopic (exact) mass is 409 g/mol. The lowest BCUT2D eigenvalue weighted by atomic mass is 9.79. The van der Waals surface area contributed by atoms with Gasteiger partial charge in [0.05, 0.1) is 0 Å². The maximum absolute atomic E-state index is 12.2. The molecule has 1 fully saturated rings. The molecule has 0 aromatic heterocycles. The summed E-state index contributed by atoms with van der Waals surface area (Å²) in [7, 11) is -1.18. The van der Waals surface area contributed by atoms with Gasteiger partial charge in [-0.15, -0.1) is 0 Å². The Bertz CT molecular complexity index is 743. The molecule has 29 heavy (non-hydrogen) atoms. The van der Waals surface area contributed by atoms with Crippen molar-refractivity contribution in [2.24, 2.45) is 11.8 Å². The fraction of sp³-hybridized carbons (Fsp3) is 0.480. The van der Waals surface area contributed by atoms with Crippen LogP contribution in [0.4, 0.5) is 0 Å². The molecule has 2 aromatic carbocycles. The lowest BCUT2D eigenvalue weighted by molar-refractivity contribution is -0.125. The lowest BCUT2D eigenvalue weighted by Gasteiger charge is -2.42. The van der Waals surface area contributed by atoms with Gasteiger partial charge in [-0.3, -0.25) is 4.79 Å². The summed E-state index contributed by atoms with van der Waals surface area (Å²) in [4.78, 5) is 24.1. The first-order chi connectivity index (χ1) is 13.9. The number of benzene rings is 2. The van der Waals surface area contributed by atoms with Crippen molar-refractivity contribution in [3.05, 3.63) is 60.7 Å². The molecule has 2 N–H and O–H groups in total. The van der Waals surface area contributed by atoms with Crippen molar-refractivity contribution in [3.8, 4) is 0 Å². The van der Waals surface area contributed by atoms with Gasteiger partial charge in [-0.05, 0) is 53.4 Å². The summed E-state index contributed by atoms with van der Waals surface area (Å²) >= 11 is 0. The predicted molar refractivity (Wildman–Crippen MR) is 123 cm³/mol. The molecule has 0 bridgehead atoms. The van der Waals surface area contributed by atoms with Gasteiger partial charge in [-0.1, -0.05) is 80.9 Å². The van der Waals surface area contributed by atoms with E-state index >= 15 is 0 Å². The Hall–Kier alpha value is -1.91. The highest BCUT2D eigenvalue weighted by Gasteiger charge is 2.49. The molecular formula is C25H35NO2Si. The predicted octanol–water partition coefficient (Wildman–Crippen LogP) is 3.85. The zero-order valence-corrected chi connectivity index (χ0v) is 19.0. The molecule has 0 saturated heterocycles. The quantitative estimate of drug-likeness (QED) is 0.683. The van der Waals surface area contributed by atoms with Gasteiger partial charge in [0.2, 0.25) is 5.91 Å². The lowest BCUT2D eigenvalue weighted by Crippen LogP contribution is -2.65. The van der Waals surface area contributed by atoms with E-state index in [4.69, 9.17) is 0 Å². The van der Waals surface area contributed by atoms with Crippen LogP contribution in [0.15, 0.2) is 60.7 Å². The van der Waals surface area contributed by atoms with Crippen LogP contribution >= 0.6 is 0 Å². The number of amides is 1. The molecule has 3 rings (SSSR count). The number of hydrogen-bond donors (Lipinski definition) is 2. The van der Waals surface area contributed by atoms with Crippen LogP contribution in [0, 0.1) is 11.8 Å². The molecule has 156 valence electrons. The summed E-state index contributed by atoms with van der Waals surface area (Å²) in [5.74, 6) is 1.03. The van der Waals surface area contributed by atoms with E-state index in [1.807, 2.05) is 36.4 Å². The molecule has 1 amide bonds. The fourth-order valence-electron chi connectivity index (χ4n) is 4.97. The molecular weight excluding hydrogens is 374 g/mol. The van der Waals surface area contributed by atoms with Crippen LogP contribution in [0.1, 0.15) is 52.4 Å². The van der Waals surface area contributed by atoms with Gasteiger partial charge in [-0.2, -0.15) is 0 Å². The van der Waals surface area contributed by atoms with Gasteiger partial charge < -0.3 is 10.1 Å². The summed E-state index contributed by atoms with van der Waals surface area (Å²) in [6.45, 7) is 4.49. The highest BCUT2D eigenvalue weighted by Crippen LogP contribution is 2.43. The zero-order valence-electron chi connectivity index (χ0n) is 18.0. The summed E-state index contributed by atoms with van der Waals surface area (Å²) in [5, 5.41) is 4.77. The van der Waals surface area contributed by atoms with Gasteiger partial charge in [-0.25, -0.2) is 0 Å². The molecule has 0 radical (unpaired) electrons. The van der Waals surface area contributed by atoms with Crippen LogP contribution in [-0.4, -0.2) is 26.1 Å². The van der Waals surface area contributed by atoms with Crippen molar-refractivity contribution in [2.75, 3.05) is 7.05 Å². The van der Waals surface area contributed by atoms with E-state index in [0.29, 0.717) is 5.92 Å². The maximum atomic E-state index is 12.2. The molecule has 2 aromatic rings. The molecule has 0 spiro atoms. The Morgan fingerprint density at radius 1 is 0.966 bits per heavy atom. The second-order valence-electron chi connectivity index (χ2n) is 9.20. The summed E-state index contributed by atoms with van der Waals surface area (Å²) in [6, 6.07) is 20.5. The number of carbonyl (C=O) groups excluding carboxylic acids is 1. The van der Waals surface area contributed by atoms with E-state index < -0.39 is 8.32 Å². The molecule has 3 nitrogen and oxygen atoms in total. The summed E-state index contributed by atoms with van der Waals surface area (Å²) in [6.07, 6.45) is 6.32. The third-order valence-corrected chi connectivity index (χ3v) is 11.6. The molecule has 1 aliphatic rings. The fourth-order valence-corrected chi connectivity index (χ4v) is 8.72. The van der Waals surface area contributed by atoms with Crippen molar-refractivity contribution in [3.63, 3.8) is 0 Å². The molecule has 0 atom stereocenters. The van der Waals surface area contributed by atoms with Crippen molar-refractivity contribution >= 4 is 24.6 Å². The standard InChI is InChI=1S/C25H35NO2Si/c1-25(2,19-18-20-14-16-21(17-15-20)24(27)26-3)29(28,22-10-6-4-7-11-22)23-12-8-5-9-13-23/h4-13,20-21,28H,14-19H2,1-3H3,(H,26,27)/t20-,21-. The summed E-state index contributed by atoms with van der Waals surface area (Å²) < 4.78 is 0. The van der Waals surface area contributed by atoms with E-state index in [-0.39, 0.29) is 16.9 Å². The van der Waals surface area contributed by atoms with Crippen molar-refractivity contribution in [1.29, 1.82) is 0 Å². The molecule has 0 unspecified atom stereocenters. The Balaban J connectivity index is 1.75. The average Bonchev–Trinajstić information content (AvgIpc) is 2.78. The maximum Gasteiger partial charge on any atom is 0.258 e. The van der Waals surface area contributed by atoms with E-state index in [1.54, 1.807) is 7.05 Å². The van der Waals surface area contributed by atoms with Crippen molar-refractivity contribution in [2.45, 2.75) is 57.4 Å². The minimum atomic E-state index is -2.92. The van der Waals surface area contributed by atoms with E-state index in [0.717, 1.165) is 48.9 Å². The number of carbonyl (C=O) groups is 1. The van der Waals surface area contributed by atoms with Gasteiger partial charge in [0, 0.05) is 13.0 Å². The molecule has 1 saturated carbocycles. The van der Waals surface area contributed by atoms with E-state index in [9.17, 15) is 9.59 Å². The van der Waals surface area contributed by atoms with Crippen LogP contribution in [0.3, 0.4) is 0 Å². The molecule has 1 aliphatic carbocycles. The van der Waals surface area contributed by atoms with Crippen molar-refractivity contribution in [1.82, 2.24) is 5.32 Å².